The Bertz CT molecular complexity index is 390. The molecule has 0 amide bonds. The number of hydrogen-bond donors (Lipinski definition) is 1. The first kappa shape index (κ1) is 14.5. The van der Waals surface area contributed by atoms with E-state index in [0.717, 1.165) is 38.0 Å². The summed E-state index contributed by atoms with van der Waals surface area (Å²) in [6, 6.07) is 2.72. The van der Waals surface area contributed by atoms with Crippen molar-refractivity contribution in [3.63, 3.8) is 0 Å². The van der Waals surface area contributed by atoms with Gasteiger partial charge in [-0.2, -0.15) is 5.10 Å². The summed E-state index contributed by atoms with van der Waals surface area (Å²) in [5.41, 5.74) is 7.47. The zero-order chi connectivity index (χ0) is 13.8. The monoisotopic (exact) mass is 265 g/mol. The summed E-state index contributed by atoms with van der Waals surface area (Å²) in [4.78, 5) is 0. The second-order valence-electron chi connectivity index (χ2n) is 5.68. The zero-order valence-corrected chi connectivity index (χ0v) is 12.4. The summed E-state index contributed by atoms with van der Waals surface area (Å²) >= 11 is 0. The van der Waals surface area contributed by atoms with Gasteiger partial charge < -0.3 is 10.5 Å². The highest BCUT2D eigenvalue weighted by atomic mass is 16.5. The first-order valence-corrected chi connectivity index (χ1v) is 7.56. The van der Waals surface area contributed by atoms with E-state index in [2.05, 4.69) is 38.1 Å². The van der Waals surface area contributed by atoms with Gasteiger partial charge in [0.05, 0.1) is 11.8 Å². The molecule has 0 radical (unpaired) electrons. The molecule has 1 aliphatic rings. The zero-order valence-electron chi connectivity index (χ0n) is 12.4. The van der Waals surface area contributed by atoms with Crippen molar-refractivity contribution in [1.82, 2.24) is 9.78 Å². The molecular weight excluding hydrogens is 238 g/mol. The lowest BCUT2D eigenvalue weighted by Crippen LogP contribution is -2.37. The quantitative estimate of drug-likeness (QED) is 0.860. The Morgan fingerprint density at radius 2 is 2.32 bits per heavy atom. The molecule has 1 fully saturated rings. The van der Waals surface area contributed by atoms with E-state index in [1.54, 1.807) is 0 Å². The number of hydrogen-bond acceptors (Lipinski definition) is 3. The molecule has 0 aliphatic carbocycles. The van der Waals surface area contributed by atoms with E-state index < -0.39 is 0 Å². The Kier molecular flexibility index (Phi) is 4.99. The minimum absolute atomic E-state index is 0.160. The van der Waals surface area contributed by atoms with Crippen molar-refractivity contribution in [3.05, 3.63) is 18.0 Å². The Morgan fingerprint density at radius 3 is 3.00 bits per heavy atom. The molecule has 1 saturated heterocycles. The van der Waals surface area contributed by atoms with Gasteiger partial charge in [-0.1, -0.05) is 13.8 Å². The summed E-state index contributed by atoms with van der Waals surface area (Å²) in [6.45, 7) is 7.40. The molecule has 2 heterocycles. The van der Waals surface area contributed by atoms with Crippen molar-refractivity contribution >= 4 is 0 Å². The van der Waals surface area contributed by atoms with Gasteiger partial charge in [0.25, 0.3) is 0 Å². The largest absolute Gasteiger partial charge is 0.378 e. The molecule has 19 heavy (non-hydrogen) atoms. The number of nitrogens with two attached hydrogens (primary N) is 1. The minimum atomic E-state index is 0.160. The first-order chi connectivity index (χ1) is 9.15. The predicted octanol–water partition coefficient (Wildman–Crippen LogP) is 2.54. The topological polar surface area (TPSA) is 53.1 Å². The van der Waals surface area contributed by atoms with Crippen LogP contribution >= 0.6 is 0 Å². The van der Waals surface area contributed by atoms with Gasteiger partial charge in [-0.05, 0) is 32.3 Å². The third-order valence-corrected chi connectivity index (χ3v) is 4.36. The lowest BCUT2D eigenvalue weighted by molar-refractivity contribution is 0.0813. The van der Waals surface area contributed by atoms with Crippen LogP contribution in [0.25, 0.3) is 0 Å². The van der Waals surface area contributed by atoms with Crippen LogP contribution in [0.1, 0.15) is 51.8 Å². The van der Waals surface area contributed by atoms with Crippen molar-refractivity contribution in [2.45, 2.75) is 64.6 Å². The maximum atomic E-state index is 6.37. The highest BCUT2D eigenvalue weighted by Gasteiger charge is 2.31. The second kappa shape index (κ2) is 6.53. The van der Waals surface area contributed by atoms with Crippen molar-refractivity contribution < 1.29 is 4.74 Å². The molecule has 108 valence electrons. The molecule has 1 aromatic heterocycles. The van der Waals surface area contributed by atoms with Crippen LogP contribution in [-0.2, 0) is 11.2 Å². The maximum absolute atomic E-state index is 6.37. The van der Waals surface area contributed by atoms with Gasteiger partial charge in [-0.15, -0.1) is 0 Å². The summed E-state index contributed by atoms with van der Waals surface area (Å²) < 4.78 is 7.77. The van der Waals surface area contributed by atoms with Crippen molar-refractivity contribution in [2.24, 2.45) is 11.7 Å². The standard InChI is InChI=1S/C15H27N3O/c1-4-11(3)18-8-6-12(17-18)10-14(16)13-7-9-19-15(13)5-2/h6,8,11,13-15H,4-5,7,9-10,16H2,1-3H3. The molecule has 4 nitrogen and oxygen atoms in total. The molecule has 2 rings (SSSR count). The number of aromatic nitrogens is 2. The lowest BCUT2D eigenvalue weighted by Gasteiger charge is -2.23. The van der Waals surface area contributed by atoms with E-state index in [1.807, 2.05) is 4.68 Å². The highest BCUT2D eigenvalue weighted by Crippen LogP contribution is 2.27. The number of ether oxygens (including phenoxy) is 1. The van der Waals surface area contributed by atoms with Crippen LogP contribution in [0.3, 0.4) is 0 Å². The van der Waals surface area contributed by atoms with E-state index in [1.165, 1.54) is 0 Å². The van der Waals surface area contributed by atoms with Crippen LogP contribution < -0.4 is 5.73 Å². The van der Waals surface area contributed by atoms with Crippen LogP contribution in [0, 0.1) is 5.92 Å². The van der Waals surface area contributed by atoms with Gasteiger partial charge in [0.1, 0.15) is 0 Å². The Balaban J connectivity index is 1.95. The summed E-state index contributed by atoms with van der Waals surface area (Å²) in [6.07, 6.45) is 6.51. The van der Waals surface area contributed by atoms with Gasteiger partial charge in [-0.3, -0.25) is 4.68 Å². The molecule has 0 spiro atoms. The lowest BCUT2D eigenvalue weighted by atomic mass is 9.89. The van der Waals surface area contributed by atoms with Crippen molar-refractivity contribution in [2.75, 3.05) is 6.61 Å². The van der Waals surface area contributed by atoms with Crippen LogP contribution in [0.2, 0.25) is 0 Å². The molecule has 2 N–H and O–H groups in total. The molecule has 1 aromatic rings. The Labute approximate surface area is 116 Å². The number of rotatable bonds is 6. The van der Waals surface area contributed by atoms with Gasteiger partial charge >= 0.3 is 0 Å². The average molecular weight is 265 g/mol. The third kappa shape index (κ3) is 3.37. The molecular formula is C15H27N3O. The molecule has 4 heteroatoms. The second-order valence-corrected chi connectivity index (χ2v) is 5.68. The third-order valence-electron chi connectivity index (χ3n) is 4.36. The maximum Gasteiger partial charge on any atom is 0.0640 e. The van der Waals surface area contributed by atoms with Gasteiger partial charge in [0.15, 0.2) is 0 Å². The molecule has 1 aliphatic heterocycles. The highest BCUT2D eigenvalue weighted by molar-refractivity contribution is 5.03. The average Bonchev–Trinajstić information content (AvgIpc) is 3.05. The van der Waals surface area contributed by atoms with Crippen LogP contribution in [-0.4, -0.2) is 28.5 Å². The van der Waals surface area contributed by atoms with E-state index >= 15 is 0 Å². The van der Waals surface area contributed by atoms with Crippen LogP contribution in [0.5, 0.6) is 0 Å². The minimum Gasteiger partial charge on any atom is -0.378 e. The van der Waals surface area contributed by atoms with E-state index in [9.17, 15) is 0 Å². The van der Waals surface area contributed by atoms with E-state index in [-0.39, 0.29) is 6.04 Å². The summed E-state index contributed by atoms with van der Waals surface area (Å²) in [7, 11) is 0. The molecule has 4 unspecified atom stereocenters. The van der Waals surface area contributed by atoms with Crippen LogP contribution in [0.15, 0.2) is 12.3 Å². The molecule has 4 atom stereocenters. The Morgan fingerprint density at radius 1 is 1.53 bits per heavy atom. The molecule has 0 aromatic carbocycles. The SMILES string of the molecule is CCC1OCCC1C(N)Cc1ccn(C(C)CC)n1. The van der Waals surface area contributed by atoms with Crippen molar-refractivity contribution in [1.29, 1.82) is 0 Å². The van der Waals surface area contributed by atoms with Crippen LogP contribution in [0.4, 0.5) is 0 Å². The fourth-order valence-corrected chi connectivity index (χ4v) is 2.89. The van der Waals surface area contributed by atoms with E-state index in [0.29, 0.717) is 18.1 Å². The molecule has 0 bridgehead atoms. The summed E-state index contributed by atoms with van der Waals surface area (Å²) in [5, 5.41) is 4.64. The fourth-order valence-electron chi connectivity index (χ4n) is 2.89. The first-order valence-electron chi connectivity index (χ1n) is 7.56. The Hall–Kier alpha value is -0.870. The van der Waals surface area contributed by atoms with Gasteiger partial charge in [-0.25, -0.2) is 0 Å². The smallest absolute Gasteiger partial charge is 0.0640 e. The number of nitrogens with zero attached hydrogens (tertiary/aromatic N) is 2. The van der Waals surface area contributed by atoms with E-state index in [4.69, 9.17) is 10.5 Å². The normalized spacial score (nSPS) is 26.5. The van der Waals surface area contributed by atoms with Gasteiger partial charge in [0.2, 0.25) is 0 Å². The van der Waals surface area contributed by atoms with Crippen molar-refractivity contribution in [3.8, 4) is 0 Å². The summed E-state index contributed by atoms with van der Waals surface area (Å²) in [5.74, 6) is 0.485. The van der Waals surface area contributed by atoms with Gasteiger partial charge in [0, 0.05) is 37.2 Å². The molecule has 0 saturated carbocycles. The predicted molar refractivity (Wildman–Crippen MR) is 77.0 cm³/mol. The fraction of sp³-hybridized carbons (Fsp3) is 0.800.